The van der Waals surface area contributed by atoms with E-state index >= 15 is 0 Å². The van der Waals surface area contributed by atoms with Crippen molar-refractivity contribution in [1.82, 2.24) is 0 Å². The Labute approximate surface area is 257 Å². The highest BCUT2D eigenvalue weighted by atomic mass is 14.1. The smallest absolute Gasteiger partial charge is 0.0297 e. The summed E-state index contributed by atoms with van der Waals surface area (Å²) in [5.41, 5.74) is 2.88. The molecule has 6 unspecified atom stereocenters. The van der Waals surface area contributed by atoms with E-state index in [4.69, 9.17) is 0 Å². The normalized spacial score (nSPS) is 15.6. The molecule has 0 aromatic carbocycles. The minimum atomic E-state index is 0.826. The van der Waals surface area contributed by atoms with Crippen molar-refractivity contribution in [3.8, 4) is 0 Å². The van der Waals surface area contributed by atoms with Gasteiger partial charge >= 0.3 is 0 Å². The molecular formula is C40H80. The van der Waals surface area contributed by atoms with Crippen LogP contribution < -0.4 is 0 Å². The second-order valence-corrected chi connectivity index (χ2v) is 13.3. The van der Waals surface area contributed by atoms with Crippen molar-refractivity contribution in [2.45, 2.75) is 174 Å². The van der Waals surface area contributed by atoms with Crippen molar-refractivity contribution in [3.63, 3.8) is 0 Å². The Morgan fingerprint density at radius 1 is 0.625 bits per heavy atom. The number of allylic oxidation sites excluding steroid dienone is 6. The third-order valence-corrected chi connectivity index (χ3v) is 7.89. The Morgan fingerprint density at radius 2 is 1.05 bits per heavy atom. The monoisotopic (exact) mass is 561 g/mol. The molecule has 0 saturated heterocycles. The van der Waals surface area contributed by atoms with E-state index in [2.05, 4.69) is 128 Å². The fourth-order valence-corrected chi connectivity index (χ4v) is 4.46. The number of unbranched alkanes of at least 4 members (excludes halogenated alkanes) is 1. The lowest BCUT2D eigenvalue weighted by Gasteiger charge is -2.13. The van der Waals surface area contributed by atoms with Gasteiger partial charge in [0.05, 0.1) is 0 Å². The Balaban J connectivity index is -0.000000218. The van der Waals surface area contributed by atoms with Crippen molar-refractivity contribution in [1.29, 1.82) is 0 Å². The van der Waals surface area contributed by atoms with Crippen LogP contribution in [0.1, 0.15) is 174 Å². The molecule has 0 amide bonds. The Morgan fingerprint density at radius 3 is 1.38 bits per heavy atom. The highest BCUT2D eigenvalue weighted by Crippen LogP contribution is 2.18. The second-order valence-electron chi connectivity index (χ2n) is 13.3. The molecule has 240 valence electrons. The van der Waals surface area contributed by atoms with E-state index in [9.17, 15) is 0 Å². The minimum Gasteiger partial charge on any atom is -0.103 e. The molecule has 0 aliphatic carbocycles. The van der Waals surface area contributed by atoms with Crippen LogP contribution in [-0.2, 0) is 0 Å². The van der Waals surface area contributed by atoms with Crippen LogP contribution in [0.4, 0.5) is 0 Å². The maximum absolute atomic E-state index is 3.84. The van der Waals surface area contributed by atoms with Gasteiger partial charge in [-0.15, -0.1) is 13.2 Å². The first-order valence-corrected chi connectivity index (χ1v) is 17.3. The van der Waals surface area contributed by atoms with Crippen LogP contribution in [0.15, 0.2) is 48.6 Å². The first-order valence-electron chi connectivity index (χ1n) is 17.3. The molecule has 0 bridgehead atoms. The van der Waals surface area contributed by atoms with E-state index in [0.29, 0.717) is 0 Å². The predicted octanol–water partition coefficient (Wildman–Crippen LogP) is 14.8. The van der Waals surface area contributed by atoms with Crippen LogP contribution in [0.2, 0.25) is 0 Å². The first kappa shape index (κ1) is 45.9. The summed E-state index contributed by atoms with van der Waals surface area (Å²) in [4.78, 5) is 0. The topological polar surface area (TPSA) is 0 Å². The summed E-state index contributed by atoms with van der Waals surface area (Å²) in [6.07, 6.45) is 24.2. The molecule has 0 heterocycles. The fraction of sp³-hybridized carbons (Fsp3) is 0.800. The van der Waals surface area contributed by atoms with Crippen LogP contribution in [0.5, 0.6) is 0 Å². The third kappa shape index (κ3) is 41.4. The highest BCUT2D eigenvalue weighted by Gasteiger charge is 2.05. The molecule has 0 fully saturated rings. The maximum atomic E-state index is 3.84. The van der Waals surface area contributed by atoms with E-state index in [1.807, 2.05) is 6.08 Å². The summed E-state index contributed by atoms with van der Waals surface area (Å²) in [7, 11) is 0. The molecule has 0 saturated carbocycles. The standard InChI is InChI=1S/2C11H22.C10H20.C8H16/c2*1-5-7-8-11(4)9-10(3)6-2;1-5-7-10(4)8-9(3)6-2;1-5-8(4)6-7(2)3/h8,10H,5-7,9H2,1-4H3;5,7,10-11H,6,8-9H2,1-4H3;5,9-10H,1,6-8H2,2-4H3;8H,2,5-6H2,1,3-4H3. The lowest BCUT2D eigenvalue weighted by molar-refractivity contribution is 0.408. The zero-order valence-corrected chi connectivity index (χ0v) is 30.7. The second kappa shape index (κ2) is 34.2. The molecule has 40 heavy (non-hydrogen) atoms. The zero-order valence-electron chi connectivity index (χ0n) is 30.7. The predicted molar refractivity (Wildman–Crippen MR) is 192 cm³/mol. The van der Waals surface area contributed by atoms with Gasteiger partial charge in [-0.25, -0.2) is 0 Å². The zero-order chi connectivity index (χ0) is 31.9. The summed E-state index contributed by atoms with van der Waals surface area (Å²) in [6, 6.07) is 0. The Bertz CT molecular complexity index is 577. The van der Waals surface area contributed by atoms with Gasteiger partial charge in [-0.2, -0.15) is 0 Å². The lowest BCUT2D eigenvalue weighted by atomic mass is 9.93. The van der Waals surface area contributed by atoms with E-state index in [0.717, 1.165) is 35.5 Å². The first-order chi connectivity index (χ1) is 18.8. The number of hydrogen-bond donors (Lipinski definition) is 0. The molecule has 0 aromatic rings. The van der Waals surface area contributed by atoms with Crippen LogP contribution in [0, 0.1) is 35.5 Å². The molecule has 0 spiro atoms. The molecule has 0 aliphatic heterocycles. The highest BCUT2D eigenvalue weighted by molar-refractivity contribution is 4.98. The summed E-state index contributed by atoms with van der Waals surface area (Å²) in [6.45, 7) is 39.1. The van der Waals surface area contributed by atoms with E-state index in [1.165, 1.54) is 82.6 Å². The van der Waals surface area contributed by atoms with Crippen molar-refractivity contribution in [2.24, 2.45) is 35.5 Å². The molecule has 0 nitrogen and oxygen atoms in total. The van der Waals surface area contributed by atoms with Crippen molar-refractivity contribution in [3.05, 3.63) is 48.6 Å². The van der Waals surface area contributed by atoms with Gasteiger partial charge in [0.15, 0.2) is 0 Å². The van der Waals surface area contributed by atoms with Gasteiger partial charge in [-0.05, 0) is 101 Å². The largest absolute Gasteiger partial charge is 0.103 e. The maximum Gasteiger partial charge on any atom is -0.0297 e. The van der Waals surface area contributed by atoms with Crippen LogP contribution in [-0.4, -0.2) is 0 Å². The molecule has 0 heteroatoms. The SMILES string of the molecule is C=C(C)CC(C)CC.C=CCC(C)CC(C)CC.CC=CCC(C)CC(C)CC.CCCC=C(C)CC(C)CC. The lowest BCUT2D eigenvalue weighted by Crippen LogP contribution is -2.00. The van der Waals surface area contributed by atoms with Crippen LogP contribution in [0.3, 0.4) is 0 Å². The summed E-state index contributed by atoms with van der Waals surface area (Å²) >= 11 is 0. The van der Waals surface area contributed by atoms with Crippen molar-refractivity contribution < 1.29 is 0 Å². The molecule has 0 rings (SSSR count). The summed E-state index contributed by atoms with van der Waals surface area (Å²) in [5, 5.41) is 0. The number of rotatable bonds is 18. The van der Waals surface area contributed by atoms with Crippen LogP contribution in [0.25, 0.3) is 0 Å². The van der Waals surface area contributed by atoms with E-state index < -0.39 is 0 Å². The van der Waals surface area contributed by atoms with E-state index in [-0.39, 0.29) is 0 Å². The van der Waals surface area contributed by atoms with Gasteiger partial charge in [0.1, 0.15) is 0 Å². The average Bonchev–Trinajstić information content (AvgIpc) is 2.91. The molecule has 6 atom stereocenters. The summed E-state index contributed by atoms with van der Waals surface area (Å²) < 4.78 is 0. The van der Waals surface area contributed by atoms with Gasteiger partial charge < -0.3 is 0 Å². The Kier molecular flexibility index (Phi) is 39.2. The van der Waals surface area contributed by atoms with Gasteiger partial charge in [-0.1, -0.05) is 144 Å². The van der Waals surface area contributed by atoms with E-state index in [1.54, 1.807) is 5.57 Å². The van der Waals surface area contributed by atoms with Gasteiger partial charge in [-0.3, -0.25) is 0 Å². The molecule has 0 aliphatic rings. The minimum absolute atomic E-state index is 0.826. The number of hydrogen-bond acceptors (Lipinski definition) is 0. The fourth-order valence-electron chi connectivity index (χ4n) is 4.46. The van der Waals surface area contributed by atoms with Crippen LogP contribution >= 0.6 is 0 Å². The molecule has 0 aromatic heterocycles. The quantitative estimate of drug-likeness (QED) is 0.146. The van der Waals surface area contributed by atoms with Crippen molar-refractivity contribution in [2.75, 3.05) is 0 Å². The van der Waals surface area contributed by atoms with Crippen molar-refractivity contribution >= 4 is 0 Å². The average molecular weight is 561 g/mol. The summed E-state index contributed by atoms with van der Waals surface area (Å²) in [5.74, 6) is 5.16. The molecule has 0 radical (unpaired) electrons. The van der Waals surface area contributed by atoms with Gasteiger partial charge in [0.25, 0.3) is 0 Å². The molecular weight excluding hydrogens is 480 g/mol. The van der Waals surface area contributed by atoms with Gasteiger partial charge in [0.2, 0.25) is 0 Å². The Hall–Kier alpha value is -1.04. The van der Waals surface area contributed by atoms with Gasteiger partial charge in [0, 0.05) is 0 Å². The third-order valence-electron chi connectivity index (χ3n) is 7.89. The molecule has 0 N–H and O–H groups in total.